The summed E-state index contributed by atoms with van der Waals surface area (Å²) >= 11 is 3.36. The van der Waals surface area contributed by atoms with E-state index in [1.165, 1.54) is 14.2 Å². The maximum atomic E-state index is 12.0. The first-order chi connectivity index (χ1) is 9.97. The Labute approximate surface area is 132 Å². The summed E-state index contributed by atoms with van der Waals surface area (Å²) in [6.07, 6.45) is 0.0262. The molecule has 0 fully saturated rings. The molecular weight excluding hydrogens is 340 g/mol. The molecule has 6 nitrogen and oxygen atoms in total. The molecule has 0 aromatic heterocycles. The summed E-state index contributed by atoms with van der Waals surface area (Å²) in [5, 5.41) is 2.74. The van der Waals surface area contributed by atoms with Gasteiger partial charge in [-0.3, -0.25) is 9.59 Å². The molecule has 1 amide bonds. The first-order valence-corrected chi connectivity index (χ1v) is 7.14. The standard InChI is InChI=1S/C14H19BrN2O4/c1-20-8-11(16)14(19)17-12(7-13(18)21-2)9-4-3-5-10(15)6-9/h3-6,11-12H,7-8,16H2,1-2H3,(H,17,19). The number of amides is 1. The van der Waals surface area contributed by atoms with Gasteiger partial charge in [0.1, 0.15) is 6.04 Å². The SMILES string of the molecule is COCC(N)C(=O)NC(CC(=O)OC)c1cccc(Br)c1. The smallest absolute Gasteiger partial charge is 0.307 e. The first-order valence-electron chi connectivity index (χ1n) is 6.35. The lowest BCUT2D eigenvalue weighted by atomic mass is 10.0. The second-order valence-corrected chi connectivity index (χ2v) is 5.37. The summed E-state index contributed by atoms with van der Waals surface area (Å²) in [6.45, 7) is 0.106. The van der Waals surface area contributed by atoms with Crippen LogP contribution in [0.25, 0.3) is 0 Å². The van der Waals surface area contributed by atoms with Crippen molar-refractivity contribution in [3.05, 3.63) is 34.3 Å². The largest absolute Gasteiger partial charge is 0.469 e. The molecule has 0 aliphatic heterocycles. The Morgan fingerprint density at radius 1 is 1.38 bits per heavy atom. The number of hydrogen-bond acceptors (Lipinski definition) is 5. The minimum atomic E-state index is -0.790. The molecule has 1 aromatic carbocycles. The van der Waals surface area contributed by atoms with E-state index in [1.54, 1.807) is 0 Å². The summed E-state index contributed by atoms with van der Waals surface area (Å²) < 4.78 is 10.4. The fraction of sp³-hybridized carbons (Fsp3) is 0.429. The quantitative estimate of drug-likeness (QED) is 0.713. The van der Waals surface area contributed by atoms with Crippen LogP contribution in [0, 0.1) is 0 Å². The van der Waals surface area contributed by atoms with E-state index in [9.17, 15) is 9.59 Å². The van der Waals surface area contributed by atoms with Gasteiger partial charge in [-0.15, -0.1) is 0 Å². The van der Waals surface area contributed by atoms with E-state index in [2.05, 4.69) is 26.0 Å². The summed E-state index contributed by atoms with van der Waals surface area (Å²) in [5.74, 6) is -0.800. The molecule has 0 aliphatic carbocycles. The molecule has 0 saturated carbocycles. The number of nitrogens with two attached hydrogens (primary N) is 1. The molecule has 0 radical (unpaired) electrons. The lowest BCUT2D eigenvalue weighted by Gasteiger charge is -2.20. The number of rotatable bonds is 7. The number of ether oxygens (including phenoxy) is 2. The van der Waals surface area contributed by atoms with Crippen molar-refractivity contribution < 1.29 is 19.1 Å². The van der Waals surface area contributed by atoms with Crippen LogP contribution in [-0.2, 0) is 19.1 Å². The number of esters is 1. The number of benzene rings is 1. The Bertz CT molecular complexity index is 496. The van der Waals surface area contributed by atoms with Crippen LogP contribution in [0.3, 0.4) is 0 Å². The molecule has 1 rings (SSSR count). The van der Waals surface area contributed by atoms with Crippen molar-refractivity contribution in [2.75, 3.05) is 20.8 Å². The second-order valence-electron chi connectivity index (χ2n) is 4.46. The Morgan fingerprint density at radius 2 is 2.10 bits per heavy atom. The molecular formula is C14H19BrN2O4. The number of hydrogen-bond donors (Lipinski definition) is 2. The molecule has 2 unspecified atom stereocenters. The van der Waals surface area contributed by atoms with Gasteiger partial charge in [-0.2, -0.15) is 0 Å². The van der Waals surface area contributed by atoms with E-state index in [4.69, 9.17) is 10.5 Å². The third kappa shape index (κ3) is 5.82. The maximum Gasteiger partial charge on any atom is 0.307 e. The van der Waals surface area contributed by atoms with Crippen LogP contribution in [0.15, 0.2) is 28.7 Å². The monoisotopic (exact) mass is 358 g/mol. The minimum absolute atomic E-state index is 0.0262. The van der Waals surface area contributed by atoms with Crippen LogP contribution in [0.1, 0.15) is 18.0 Å². The van der Waals surface area contributed by atoms with Crippen molar-refractivity contribution in [2.24, 2.45) is 5.73 Å². The van der Waals surface area contributed by atoms with E-state index >= 15 is 0 Å². The van der Waals surface area contributed by atoms with Crippen LogP contribution < -0.4 is 11.1 Å². The van der Waals surface area contributed by atoms with E-state index < -0.39 is 18.1 Å². The van der Waals surface area contributed by atoms with Gasteiger partial charge < -0.3 is 20.5 Å². The Balaban J connectivity index is 2.87. The Morgan fingerprint density at radius 3 is 2.67 bits per heavy atom. The minimum Gasteiger partial charge on any atom is -0.469 e. The van der Waals surface area contributed by atoms with Gasteiger partial charge in [0.05, 0.1) is 26.2 Å². The molecule has 0 heterocycles. The molecule has 3 N–H and O–H groups in total. The molecule has 0 aliphatic rings. The van der Waals surface area contributed by atoms with Gasteiger partial charge in [-0.1, -0.05) is 28.1 Å². The highest BCUT2D eigenvalue weighted by Gasteiger charge is 2.22. The molecule has 0 bridgehead atoms. The lowest BCUT2D eigenvalue weighted by molar-refractivity contribution is -0.141. The van der Waals surface area contributed by atoms with E-state index in [-0.39, 0.29) is 18.9 Å². The summed E-state index contributed by atoms with van der Waals surface area (Å²) in [4.78, 5) is 23.5. The Kier molecular flexibility index (Phi) is 7.35. The third-order valence-electron chi connectivity index (χ3n) is 2.85. The maximum absolute atomic E-state index is 12.0. The predicted octanol–water partition coefficient (Wildman–Crippen LogP) is 1.14. The van der Waals surface area contributed by atoms with E-state index in [1.807, 2.05) is 24.3 Å². The average Bonchev–Trinajstić information content (AvgIpc) is 2.46. The molecule has 116 valence electrons. The highest BCUT2D eigenvalue weighted by molar-refractivity contribution is 9.10. The molecule has 0 saturated heterocycles. The van der Waals surface area contributed by atoms with Gasteiger partial charge in [0.15, 0.2) is 0 Å². The van der Waals surface area contributed by atoms with Gasteiger partial charge >= 0.3 is 5.97 Å². The van der Waals surface area contributed by atoms with Gasteiger partial charge in [0.25, 0.3) is 0 Å². The van der Waals surface area contributed by atoms with Crippen molar-refractivity contribution in [2.45, 2.75) is 18.5 Å². The summed E-state index contributed by atoms with van der Waals surface area (Å²) in [5.41, 5.74) is 6.47. The predicted molar refractivity (Wildman–Crippen MR) is 81.5 cm³/mol. The van der Waals surface area contributed by atoms with Gasteiger partial charge in [0.2, 0.25) is 5.91 Å². The number of carbonyl (C=O) groups is 2. The van der Waals surface area contributed by atoms with Crippen molar-refractivity contribution in [3.63, 3.8) is 0 Å². The third-order valence-corrected chi connectivity index (χ3v) is 3.34. The van der Waals surface area contributed by atoms with Gasteiger partial charge in [-0.25, -0.2) is 0 Å². The number of methoxy groups -OCH3 is 2. The first kappa shape index (κ1) is 17.6. The fourth-order valence-electron chi connectivity index (χ4n) is 1.76. The van der Waals surface area contributed by atoms with E-state index in [0.717, 1.165) is 10.0 Å². The van der Waals surface area contributed by atoms with Crippen molar-refractivity contribution in [1.82, 2.24) is 5.32 Å². The zero-order chi connectivity index (χ0) is 15.8. The highest BCUT2D eigenvalue weighted by atomic mass is 79.9. The van der Waals surface area contributed by atoms with Crippen LogP contribution in [0.5, 0.6) is 0 Å². The Hall–Kier alpha value is -1.44. The fourth-order valence-corrected chi connectivity index (χ4v) is 2.18. The normalized spacial score (nSPS) is 13.3. The van der Waals surface area contributed by atoms with Gasteiger partial charge in [0, 0.05) is 11.6 Å². The molecule has 2 atom stereocenters. The number of carbonyl (C=O) groups excluding carboxylic acids is 2. The zero-order valence-electron chi connectivity index (χ0n) is 12.0. The zero-order valence-corrected chi connectivity index (χ0v) is 13.6. The molecule has 0 spiro atoms. The van der Waals surface area contributed by atoms with Gasteiger partial charge in [-0.05, 0) is 17.7 Å². The van der Waals surface area contributed by atoms with Crippen LogP contribution >= 0.6 is 15.9 Å². The molecule has 21 heavy (non-hydrogen) atoms. The topological polar surface area (TPSA) is 90.6 Å². The second kappa shape index (κ2) is 8.76. The highest BCUT2D eigenvalue weighted by Crippen LogP contribution is 2.21. The number of halogens is 1. The molecule has 7 heteroatoms. The van der Waals surface area contributed by atoms with Crippen molar-refractivity contribution >= 4 is 27.8 Å². The van der Waals surface area contributed by atoms with Crippen LogP contribution in [-0.4, -0.2) is 38.7 Å². The van der Waals surface area contributed by atoms with Crippen molar-refractivity contribution in [1.29, 1.82) is 0 Å². The van der Waals surface area contributed by atoms with E-state index in [0.29, 0.717) is 0 Å². The average molecular weight is 359 g/mol. The number of nitrogens with one attached hydrogen (secondary N) is 1. The van der Waals surface area contributed by atoms with Crippen LogP contribution in [0.2, 0.25) is 0 Å². The molecule has 1 aromatic rings. The summed E-state index contributed by atoms with van der Waals surface area (Å²) in [6, 6.07) is 6.03. The van der Waals surface area contributed by atoms with Crippen LogP contribution in [0.4, 0.5) is 0 Å². The van der Waals surface area contributed by atoms with Crippen molar-refractivity contribution in [3.8, 4) is 0 Å². The summed E-state index contributed by atoms with van der Waals surface area (Å²) in [7, 11) is 2.77. The lowest BCUT2D eigenvalue weighted by Crippen LogP contribution is -2.45.